The summed E-state index contributed by atoms with van der Waals surface area (Å²) in [5, 5.41) is 0.798. The topological polar surface area (TPSA) is 21.6 Å². The van der Waals surface area contributed by atoms with Crippen molar-refractivity contribution in [2.45, 2.75) is 25.9 Å². The maximum absolute atomic E-state index is 5.81. The fourth-order valence-corrected chi connectivity index (χ4v) is 1.70. The highest BCUT2D eigenvalue weighted by atomic mass is 79.9. The van der Waals surface area contributed by atoms with E-state index in [2.05, 4.69) is 34.8 Å². The van der Waals surface area contributed by atoms with Gasteiger partial charge in [-0.05, 0) is 18.9 Å². The molecule has 1 atom stereocenters. The first-order valence-corrected chi connectivity index (χ1v) is 7.07. The van der Waals surface area contributed by atoms with Crippen LogP contribution in [-0.4, -0.2) is 30.3 Å². The van der Waals surface area contributed by atoms with Gasteiger partial charge in [-0.15, -0.1) is 0 Å². The average molecular weight is 298 g/mol. The number of nitrogens with zero attached hydrogens (tertiary/aromatic N) is 1. The van der Waals surface area contributed by atoms with Crippen molar-refractivity contribution < 1.29 is 4.74 Å². The second-order valence-corrected chi connectivity index (χ2v) is 4.87. The molecule has 3 heteroatoms. The zero-order valence-electron chi connectivity index (χ0n) is 10.5. The third-order valence-electron chi connectivity index (χ3n) is 2.40. The standard InChI is InChI=1S/C14H20BrNO/c1-3-9-17-14(2,11-15)12-16-10-13-7-5-4-6-8-13/h4-8,10H,3,9,11-12H2,1-2H3. The average Bonchev–Trinajstić information content (AvgIpc) is 2.38. The Morgan fingerprint density at radius 1 is 1.35 bits per heavy atom. The van der Waals surface area contributed by atoms with Gasteiger partial charge in [-0.1, -0.05) is 53.2 Å². The van der Waals surface area contributed by atoms with Gasteiger partial charge in [0, 0.05) is 18.2 Å². The molecule has 1 aromatic rings. The molecule has 17 heavy (non-hydrogen) atoms. The molecule has 0 fully saturated rings. The molecule has 1 unspecified atom stereocenters. The van der Waals surface area contributed by atoms with Crippen LogP contribution >= 0.6 is 15.9 Å². The number of hydrogen-bond donors (Lipinski definition) is 0. The van der Waals surface area contributed by atoms with Crippen LogP contribution < -0.4 is 0 Å². The Hall–Kier alpha value is -0.670. The summed E-state index contributed by atoms with van der Waals surface area (Å²) >= 11 is 3.49. The van der Waals surface area contributed by atoms with E-state index in [0.717, 1.165) is 23.9 Å². The summed E-state index contributed by atoms with van der Waals surface area (Å²) in [6.07, 6.45) is 2.93. The third-order valence-corrected chi connectivity index (χ3v) is 3.59. The molecule has 94 valence electrons. The van der Waals surface area contributed by atoms with Crippen LogP contribution in [0.3, 0.4) is 0 Å². The maximum Gasteiger partial charge on any atom is 0.0944 e. The predicted molar refractivity (Wildman–Crippen MR) is 77.3 cm³/mol. The molecule has 0 saturated carbocycles. The molecule has 2 nitrogen and oxygen atoms in total. The zero-order chi connectivity index (χ0) is 12.6. The van der Waals surface area contributed by atoms with Crippen molar-refractivity contribution in [3.8, 4) is 0 Å². The Morgan fingerprint density at radius 3 is 2.65 bits per heavy atom. The molecular weight excluding hydrogens is 278 g/mol. The van der Waals surface area contributed by atoms with E-state index >= 15 is 0 Å². The summed E-state index contributed by atoms with van der Waals surface area (Å²) < 4.78 is 5.81. The molecule has 0 bridgehead atoms. The minimum absolute atomic E-state index is 0.207. The van der Waals surface area contributed by atoms with Gasteiger partial charge in [-0.2, -0.15) is 0 Å². The van der Waals surface area contributed by atoms with E-state index in [0.29, 0.717) is 6.54 Å². The first-order valence-electron chi connectivity index (χ1n) is 5.95. The highest BCUT2D eigenvalue weighted by Crippen LogP contribution is 2.14. The molecule has 1 aromatic carbocycles. The van der Waals surface area contributed by atoms with Crippen molar-refractivity contribution in [1.29, 1.82) is 0 Å². The summed E-state index contributed by atoms with van der Waals surface area (Å²) in [7, 11) is 0. The lowest BCUT2D eigenvalue weighted by Gasteiger charge is -2.25. The number of rotatable bonds is 7. The monoisotopic (exact) mass is 297 g/mol. The number of aliphatic imine (C=N–C) groups is 1. The van der Waals surface area contributed by atoms with Crippen LogP contribution in [0.5, 0.6) is 0 Å². The molecular formula is C14H20BrNO. The van der Waals surface area contributed by atoms with Crippen LogP contribution in [0, 0.1) is 0 Å². The van der Waals surface area contributed by atoms with Crippen molar-refractivity contribution in [1.82, 2.24) is 0 Å². The summed E-state index contributed by atoms with van der Waals surface area (Å²) in [5.41, 5.74) is 0.918. The first kappa shape index (κ1) is 14.4. The van der Waals surface area contributed by atoms with E-state index in [1.54, 1.807) is 0 Å². The summed E-state index contributed by atoms with van der Waals surface area (Å²) in [6, 6.07) is 10.1. The molecule has 0 radical (unpaired) electrons. The van der Waals surface area contributed by atoms with Gasteiger partial charge in [0.15, 0.2) is 0 Å². The number of ether oxygens (including phenoxy) is 1. The van der Waals surface area contributed by atoms with Crippen LogP contribution in [0.4, 0.5) is 0 Å². The lowest BCUT2D eigenvalue weighted by molar-refractivity contribution is -0.00469. The number of benzene rings is 1. The minimum atomic E-state index is -0.207. The molecule has 0 aliphatic carbocycles. The van der Waals surface area contributed by atoms with Gasteiger partial charge < -0.3 is 4.74 Å². The third kappa shape index (κ3) is 5.46. The van der Waals surface area contributed by atoms with Gasteiger partial charge in [0.25, 0.3) is 0 Å². The fraction of sp³-hybridized carbons (Fsp3) is 0.500. The second-order valence-electron chi connectivity index (χ2n) is 4.31. The van der Waals surface area contributed by atoms with Crippen LogP contribution in [0.1, 0.15) is 25.8 Å². The Bertz CT molecular complexity index is 339. The van der Waals surface area contributed by atoms with E-state index in [1.165, 1.54) is 0 Å². The summed E-state index contributed by atoms with van der Waals surface area (Å²) in [6.45, 7) is 5.65. The Balaban J connectivity index is 2.49. The lowest BCUT2D eigenvalue weighted by Crippen LogP contribution is -2.34. The maximum atomic E-state index is 5.81. The smallest absolute Gasteiger partial charge is 0.0944 e. The van der Waals surface area contributed by atoms with Crippen molar-refractivity contribution in [3.63, 3.8) is 0 Å². The number of hydrogen-bond acceptors (Lipinski definition) is 2. The van der Waals surface area contributed by atoms with Crippen LogP contribution in [0.25, 0.3) is 0 Å². The Labute approximate surface area is 112 Å². The molecule has 0 aliphatic heterocycles. The van der Waals surface area contributed by atoms with E-state index < -0.39 is 0 Å². The number of halogens is 1. The molecule has 0 aliphatic rings. The van der Waals surface area contributed by atoms with Gasteiger partial charge >= 0.3 is 0 Å². The van der Waals surface area contributed by atoms with E-state index in [1.807, 2.05) is 36.5 Å². The van der Waals surface area contributed by atoms with Gasteiger partial charge in [0.1, 0.15) is 0 Å². The summed E-state index contributed by atoms with van der Waals surface area (Å²) in [5.74, 6) is 0. The highest BCUT2D eigenvalue weighted by molar-refractivity contribution is 9.09. The van der Waals surface area contributed by atoms with Gasteiger partial charge in [-0.25, -0.2) is 0 Å². The Kier molecular flexibility index (Phi) is 6.45. The molecule has 0 aromatic heterocycles. The number of alkyl halides is 1. The normalized spacial score (nSPS) is 15.0. The molecule has 0 spiro atoms. The SMILES string of the molecule is CCCOC(C)(CBr)CN=Cc1ccccc1. The summed E-state index contributed by atoms with van der Waals surface area (Å²) in [4.78, 5) is 4.46. The first-order chi connectivity index (χ1) is 8.20. The van der Waals surface area contributed by atoms with E-state index in [4.69, 9.17) is 4.74 Å². The Morgan fingerprint density at radius 2 is 2.06 bits per heavy atom. The van der Waals surface area contributed by atoms with E-state index in [9.17, 15) is 0 Å². The predicted octanol–water partition coefficient (Wildman–Crippen LogP) is 3.69. The highest BCUT2D eigenvalue weighted by Gasteiger charge is 2.22. The minimum Gasteiger partial charge on any atom is -0.372 e. The molecule has 1 rings (SSSR count). The van der Waals surface area contributed by atoms with Crippen molar-refractivity contribution in [2.24, 2.45) is 4.99 Å². The largest absolute Gasteiger partial charge is 0.372 e. The molecule has 0 amide bonds. The van der Waals surface area contributed by atoms with Crippen molar-refractivity contribution in [2.75, 3.05) is 18.5 Å². The van der Waals surface area contributed by atoms with Crippen LogP contribution in [0.2, 0.25) is 0 Å². The van der Waals surface area contributed by atoms with Gasteiger partial charge in [-0.3, -0.25) is 4.99 Å². The van der Waals surface area contributed by atoms with Crippen LogP contribution in [-0.2, 0) is 4.74 Å². The molecule has 0 saturated heterocycles. The fourth-order valence-electron chi connectivity index (χ4n) is 1.36. The van der Waals surface area contributed by atoms with Gasteiger partial charge in [0.05, 0.1) is 12.1 Å². The van der Waals surface area contributed by atoms with E-state index in [-0.39, 0.29) is 5.60 Å². The van der Waals surface area contributed by atoms with Crippen molar-refractivity contribution >= 4 is 22.1 Å². The van der Waals surface area contributed by atoms with Gasteiger partial charge in [0.2, 0.25) is 0 Å². The van der Waals surface area contributed by atoms with Crippen molar-refractivity contribution in [3.05, 3.63) is 35.9 Å². The molecule has 0 heterocycles. The second kappa shape index (κ2) is 7.62. The quantitative estimate of drug-likeness (QED) is 0.556. The van der Waals surface area contributed by atoms with Crippen LogP contribution in [0.15, 0.2) is 35.3 Å². The lowest BCUT2D eigenvalue weighted by atomic mass is 10.1. The zero-order valence-corrected chi connectivity index (χ0v) is 12.1. The molecule has 0 N–H and O–H groups in total.